The van der Waals surface area contributed by atoms with E-state index >= 15 is 0 Å². The molecule has 8 heteroatoms. The Hall–Kier alpha value is -4.51. The molecule has 0 fully saturated rings. The third kappa shape index (κ3) is 9.28. The van der Waals surface area contributed by atoms with Crippen molar-refractivity contribution < 1.29 is 31.8 Å². The second kappa shape index (κ2) is 14.2. The first kappa shape index (κ1) is 29.5. The molecule has 0 aliphatic carbocycles. The van der Waals surface area contributed by atoms with Gasteiger partial charge in [-0.15, -0.1) is 13.2 Å². The van der Waals surface area contributed by atoms with Gasteiger partial charge in [0.15, 0.2) is 17.3 Å². The maximum absolute atomic E-state index is 14.0. The number of hydrogen-bond donors (Lipinski definition) is 0. The van der Waals surface area contributed by atoms with E-state index in [0.29, 0.717) is 35.8 Å². The van der Waals surface area contributed by atoms with E-state index in [4.69, 9.17) is 16.0 Å². The van der Waals surface area contributed by atoms with Gasteiger partial charge in [-0.3, -0.25) is 0 Å². The van der Waals surface area contributed by atoms with Gasteiger partial charge in [0.2, 0.25) is 0 Å². The summed E-state index contributed by atoms with van der Waals surface area (Å²) in [6, 6.07) is 25.8. The zero-order valence-corrected chi connectivity index (χ0v) is 22.3. The van der Waals surface area contributed by atoms with Crippen molar-refractivity contribution in [1.82, 2.24) is 0 Å². The van der Waals surface area contributed by atoms with Gasteiger partial charge >= 0.3 is 6.36 Å². The van der Waals surface area contributed by atoms with Crippen LogP contribution in [0.3, 0.4) is 0 Å². The van der Waals surface area contributed by atoms with Crippen molar-refractivity contribution in [3.8, 4) is 39.5 Å². The summed E-state index contributed by atoms with van der Waals surface area (Å²) in [5, 5.41) is 0. The van der Waals surface area contributed by atoms with Crippen LogP contribution in [0.15, 0.2) is 91.0 Å². The third-order valence-corrected chi connectivity index (χ3v) is 6.36. The summed E-state index contributed by atoms with van der Waals surface area (Å²) in [5.41, 5.74) is 3.86. The summed E-state index contributed by atoms with van der Waals surface area (Å²) < 4.78 is 66.2. The first-order valence-corrected chi connectivity index (χ1v) is 13.3. The predicted octanol–water partition coefficient (Wildman–Crippen LogP) is 10.0. The number of hydrogen-bond acceptors (Lipinski definition) is 3. The molecule has 4 aromatic carbocycles. The first-order chi connectivity index (χ1) is 19.8. The van der Waals surface area contributed by atoms with Crippen LogP contribution in [0, 0.1) is 12.4 Å². The van der Waals surface area contributed by atoms with Crippen LogP contribution in [-0.2, 0) is 0 Å². The SMILES string of the molecule is [C-]#[N+]c1ccc(-c2ccc(OCCCCCCCOc3ccc(-c4ccc(OC(F)(F)F)c(F)c4)cc3)cc2)cc1. The molecular weight excluding hydrogens is 534 g/mol. The molecule has 0 atom stereocenters. The van der Waals surface area contributed by atoms with Crippen molar-refractivity contribution in [1.29, 1.82) is 0 Å². The van der Waals surface area contributed by atoms with Gasteiger partial charge in [0.1, 0.15) is 11.5 Å². The van der Waals surface area contributed by atoms with Crippen molar-refractivity contribution in [2.75, 3.05) is 13.2 Å². The zero-order valence-electron chi connectivity index (χ0n) is 22.3. The Labute approximate surface area is 236 Å². The van der Waals surface area contributed by atoms with Gasteiger partial charge in [-0.1, -0.05) is 73.9 Å². The molecule has 0 amide bonds. The Morgan fingerprint density at radius 3 is 1.49 bits per heavy atom. The molecule has 0 aliphatic rings. The van der Waals surface area contributed by atoms with Crippen molar-refractivity contribution in [3.05, 3.63) is 108 Å². The zero-order chi connectivity index (χ0) is 29.1. The molecule has 41 heavy (non-hydrogen) atoms. The van der Waals surface area contributed by atoms with Crippen LogP contribution in [0.5, 0.6) is 17.2 Å². The van der Waals surface area contributed by atoms with Gasteiger partial charge in [-0.05, 0) is 71.5 Å². The monoisotopic (exact) mass is 563 g/mol. The van der Waals surface area contributed by atoms with Gasteiger partial charge in [-0.25, -0.2) is 9.24 Å². The minimum atomic E-state index is -4.94. The van der Waals surface area contributed by atoms with Crippen molar-refractivity contribution in [2.45, 2.75) is 38.5 Å². The Morgan fingerprint density at radius 1 is 0.585 bits per heavy atom. The van der Waals surface area contributed by atoms with E-state index in [1.807, 2.05) is 48.5 Å². The Kier molecular flexibility index (Phi) is 10.2. The Balaban J connectivity index is 1.08. The molecule has 0 aliphatic heterocycles. The number of rotatable bonds is 13. The fourth-order valence-electron chi connectivity index (χ4n) is 4.22. The number of nitrogens with zero attached hydrogens (tertiary/aromatic N) is 1. The number of unbranched alkanes of at least 4 members (excludes halogenated alkanes) is 4. The Morgan fingerprint density at radius 2 is 1.02 bits per heavy atom. The van der Waals surface area contributed by atoms with Gasteiger partial charge in [0, 0.05) is 0 Å². The van der Waals surface area contributed by atoms with Gasteiger partial charge in [0.05, 0.1) is 19.8 Å². The highest BCUT2D eigenvalue weighted by Gasteiger charge is 2.32. The third-order valence-electron chi connectivity index (χ3n) is 6.36. The largest absolute Gasteiger partial charge is 0.573 e. The molecule has 4 nitrogen and oxygen atoms in total. The molecule has 0 unspecified atom stereocenters. The Bertz CT molecular complexity index is 1430. The molecule has 0 aromatic heterocycles. The second-order valence-corrected chi connectivity index (χ2v) is 9.37. The number of ether oxygens (including phenoxy) is 3. The average molecular weight is 564 g/mol. The average Bonchev–Trinajstić information content (AvgIpc) is 2.97. The quantitative estimate of drug-likeness (QED) is 0.0922. The van der Waals surface area contributed by atoms with Crippen LogP contribution in [0.1, 0.15) is 32.1 Å². The van der Waals surface area contributed by atoms with Gasteiger partial charge in [-0.2, -0.15) is 0 Å². The fraction of sp³-hybridized carbons (Fsp3) is 0.242. The van der Waals surface area contributed by atoms with Crippen LogP contribution < -0.4 is 14.2 Å². The predicted molar refractivity (Wildman–Crippen MR) is 151 cm³/mol. The summed E-state index contributed by atoms with van der Waals surface area (Å²) in [6.07, 6.45) is 0.0952. The minimum absolute atomic E-state index is 0.438. The summed E-state index contributed by atoms with van der Waals surface area (Å²) >= 11 is 0. The molecule has 212 valence electrons. The van der Waals surface area contributed by atoms with Crippen molar-refractivity contribution in [2.24, 2.45) is 0 Å². The topological polar surface area (TPSA) is 32.0 Å². The molecule has 0 heterocycles. The van der Waals surface area contributed by atoms with E-state index < -0.39 is 17.9 Å². The standard InChI is InChI=1S/C33H29F4NO3/c1-38-28-14-7-24(8-15-28)25-9-16-29(17-10-25)39-21-5-3-2-4-6-22-40-30-18-11-26(12-19-30)27-13-20-32(31(34)23-27)41-33(35,36)37/h7-20,23H,2-6,21-22H2. The fourth-order valence-corrected chi connectivity index (χ4v) is 4.22. The van der Waals surface area contributed by atoms with Crippen LogP contribution >= 0.6 is 0 Å². The maximum atomic E-state index is 14.0. The molecule has 4 rings (SSSR count). The lowest BCUT2D eigenvalue weighted by Gasteiger charge is -2.11. The van der Waals surface area contributed by atoms with E-state index in [9.17, 15) is 17.6 Å². The summed E-state index contributed by atoms with van der Waals surface area (Å²) in [7, 11) is 0. The van der Waals surface area contributed by atoms with E-state index in [2.05, 4.69) is 9.58 Å². The first-order valence-electron chi connectivity index (χ1n) is 13.3. The number of halogens is 4. The van der Waals surface area contributed by atoms with Crippen molar-refractivity contribution in [3.63, 3.8) is 0 Å². The van der Waals surface area contributed by atoms with E-state index in [1.165, 1.54) is 6.07 Å². The lowest BCUT2D eigenvalue weighted by atomic mass is 10.1. The molecule has 0 N–H and O–H groups in total. The van der Waals surface area contributed by atoms with Gasteiger partial charge < -0.3 is 14.2 Å². The van der Waals surface area contributed by atoms with Crippen LogP contribution in [0.4, 0.5) is 23.2 Å². The smallest absolute Gasteiger partial charge is 0.494 e. The normalized spacial score (nSPS) is 11.1. The molecule has 0 spiro atoms. The molecule has 0 saturated heterocycles. The highest BCUT2D eigenvalue weighted by molar-refractivity contribution is 5.67. The minimum Gasteiger partial charge on any atom is -0.494 e. The van der Waals surface area contributed by atoms with Crippen LogP contribution in [0.2, 0.25) is 0 Å². The molecule has 4 aromatic rings. The molecule has 0 bridgehead atoms. The molecule has 0 saturated carbocycles. The van der Waals surface area contributed by atoms with E-state index in [-0.39, 0.29) is 0 Å². The number of alkyl halides is 3. The maximum Gasteiger partial charge on any atom is 0.573 e. The second-order valence-electron chi connectivity index (χ2n) is 9.37. The lowest BCUT2D eigenvalue weighted by molar-refractivity contribution is -0.275. The van der Waals surface area contributed by atoms with Gasteiger partial charge in [0.25, 0.3) is 0 Å². The summed E-state index contributed by atoms with van der Waals surface area (Å²) in [5.74, 6) is -0.433. The van der Waals surface area contributed by atoms with Crippen LogP contribution in [-0.4, -0.2) is 19.6 Å². The lowest BCUT2D eigenvalue weighted by Crippen LogP contribution is -2.17. The highest BCUT2D eigenvalue weighted by Crippen LogP contribution is 2.30. The molecular formula is C33H29F4NO3. The summed E-state index contributed by atoms with van der Waals surface area (Å²) in [4.78, 5) is 3.41. The van der Waals surface area contributed by atoms with Crippen LogP contribution in [0.25, 0.3) is 27.1 Å². The molecule has 0 radical (unpaired) electrons. The summed E-state index contributed by atoms with van der Waals surface area (Å²) in [6.45, 7) is 8.27. The van der Waals surface area contributed by atoms with E-state index in [1.54, 1.807) is 24.3 Å². The van der Waals surface area contributed by atoms with E-state index in [0.717, 1.165) is 61.1 Å². The highest BCUT2D eigenvalue weighted by atomic mass is 19.4. The number of benzene rings is 4. The van der Waals surface area contributed by atoms with Crippen molar-refractivity contribution >= 4 is 5.69 Å².